The maximum absolute atomic E-state index is 13.3. The van der Waals surface area contributed by atoms with E-state index in [1.165, 1.54) is 37.4 Å². The van der Waals surface area contributed by atoms with Crippen molar-refractivity contribution in [1.82, 2.24) is 9.62 Å². The number of halogens is 2. The largest absolute Gasteiger partial charge is 0.482 e. The molecule has 1 aliphatic rings. The van der Waals surface area contributed by atoms with E-state index in [1.807, 2.05) is 0 Å². The van der Waals surface area contributed by atoms with Gasteiger partial charge in [-0.05, 0) is 54.4 Å². The number of hydrogen-bond donors (Lipinski definition) is 1. The molecule has 2 aromatic rings. The van der Waals surface area contributed by atoms with Crippen LogP contribution < -0.4 is 10.1 Å². The van der Waals surface area contributed by atoms with Gasteiger partial charge in [0.25, 0.3) is 10.0 Å². The first kappa shape index (κ1) is 24.8. The Bertz CT molecular complexity index is 1170. The molecule has 1 heterocycles. The Morgan fingerprint density at radius 1 is 1.12 bits per heavy atom. The lowest BCUT2D eigenvalue weighted by Gasteiger charge is -2.23. The zero-order valence-corrected chi connectivity index (χ0v) is 19.7. The number of esters is 1. The monoisotopic (exact) mass is 514 g/mol. The molecule has 9 nitrogen and oxygen atoms in total. The van der Waals surface area contributed by atoms with Crippen molar-refractivity contribution >= 4 is 51.0 Å². The van der Waals surface area contributed by atoms with Crippen LogP contribution in [0.5, 0.6) is 5.75 Å². The summed E-state index contributed by atoms with van der Waals surface area (Å²) in [6.07, 6.45) is 0.00279. The van der Waals surface area contributed by atoms with E-state index in [0.29, 0.717) is 19.9 Å². The molecule has 1 saturated heterocycles. The number of carbonyl (C=O) groups is 3. The minimum Gasteiger partial charge on any atom is -0.482 e. The molecule has 0 bridgehead atoms. The van der Waals surface area contributed by atoms with Gasteiger partial charge in [0.2, 0.25) is 11.8 Å². The third kappa shape index (κ3) is 5.95. The number of amides is 2. The number of benzene rings is 2. The zero-order valence-electron chi connectivity index (χ0n) is 17.4. The van der Waals surface area contributed by atoms with Crippen LogP contribution in [-0.4, -0.2) is 57.3 Å². The summed E-state index contributed by atoms with van der Waals surface area (Å²) in [5.74, 6) is -2.63. The molecule has 2 amide bonds. The number of nitrogens with one attached hydrogen (secondary N) is 1. The van der Waals surface area contributed by atoms with Crippen LogP contribution in [0.25, 0.3) is 0 Å². The van der Waals surface area contributed by atoms with Crippen LogP contribution in [0.1, 0.15) is 5.56 Å². The van der Waals surface area contributed by atoms with Crippen LogP contribution in [0.4, 0.5) is 0 Å². The van der Waals surface area contributed by atoms with Gasteiger partial charge in [-0.1, -0.05) is 23.2 Å². The topological polar surface area (TPSA) is 119 Å². The van der Waals surface area contributed by atoms with Crippen molar-refractivity contribution in [2.75, 3.05) is 26.8 Å². The van der Waals surface area contributed by atoms with Crippen LogP contribution in [-0.2, 0) is 35.6 Å². The fourth-order valence-electron chi connectivity index (χ4n) is 3.20. The zero-order chi connectivity index (χ0) is 24.2. The molecule has 0 spiro atoms. The minimum atomic E-state index is -4.31. The maximum Gasteiger partial charge on any atom is 0.343 e. The Labute approximate surface area is 200 Å². The summed E-state index contributed by atoms with van der Waals surface area (Å²) in [6, 6.07) is 9.91. The van der Waals surface area contributed by atoms with E-state index in [0.717, 1.165) is 0 Å². The highest BCUT2D eigenvalue weighted by Gasteiger charge is 2.38. The predicted octanol–water partition coefficient (Wildman–Crippen LogP) is 2.05. The smallest absolute Gasteiger partial charge is 0.343 e. The first-order valence-electron chi connectivity index (χ1n) is 9.68. The van der Waals surface area contributed by atoms with Crippen LogP contribution in [0, 0.1) is 5.92 Å². The molecule has 0 aromatic heterocycles. The third-order valence-corrected chi connectivity index (χ3v) is 7.14. The van der Waals surface area contributed by atoms with Gasteiger partial charge in [0, 0.05) is 16.6 Å². The predicted molar refractivity (Wildman–Crippen MR) is 120 cm³/mol. The molecule has 176 valence electrons. The van der Waals surface area contributed by atoms with Crippen molar-refractivity contribution in [3.05, 3.63) is 58.1 Å². The van der Waals surface area contributed by atoms with Gasteiger partial charge < -0.3 is 14.8 Å². The van der Waals surface area contributed by atoms with Crippen molar-refractivity contribution in [2.45, 2.75) is 11.3 Å². The lowest BCUT2D eigenvalue weighted by molar-refractivity contribution is -0.143. The molecule has 0 saturated carbocycles. The second-order valence-electron chi connectivity index (χ2n) is 7.13. The molecule has 1 N–H and O–H groups in total. The van der Waals surface area contributed by atoms with Gasteiger partial charge in [0.1, 0.15) is 12.3 Å². The first-order chi connectivity index (χ1) is 15.6. The van der Waals surface area contributed by atoms with Crippen LogP contribution >= 0.6 is 23.2 Å². The van der Waals surface area contributed by atoms with E-state index in [-0.39, 0.29) is 30.2 Å². The Morgan fingerprint density at radius 3 is 2.45 bits per heavy atom. The second kappa shape index (κ2) is 10.4. The molecule has 0 radical (unpaired) electrons. The van der Waals surface area contributed by atoms with E-state index < -0.39 is 40.3 Å². The standard InChI is InChI=1S/C21H20Cl2N2O7S/c1-31-20(27)12-32-18-7-4-16(23)9-13(18)8-14-10-24-19(26)11-25(21(14)28)33(29,30)17-5-2-15(22)3-6-17/h2-7,9,14H,8,10-12H2,1H3,(H,24,26). The van der Waals surface area contributed by atoms with Crippen molar-refractivity contribution in [2.24, 2.45) is 5.92 Å². The quantitative estimate of drug-likeness (QED) is 0.561. The van der Waals surface area contributed by atoms with Gasteiger partial charge in [-0.15, -0.1) is 0 Å². The van der Waals surface area contributed by atoms with Crippen LogP contribution in [0.15, 0.2) is 47.4 Å². The van der Waals surface area contributed by atoms with Gasteiger partial charge in [0.05, 0.1) is 17.9 Å². The molecule has 0 aliphatic carbocycles. The third-order valence-electron chi connectivity index (χ3n) is 4.89. The van der Waals surface area contributed by atoms with Gasteiger partial charge in [-0.3, -0.25) is 9.59 Å². The fraction of sp³-hybridized carbons (Fsp3) is 0.286. The molecule has 1 atom stereocenters. The lowest BCUT2D eigenvalue weighted by atomic mass is 9.98. The number of carbonyl (C=O) groups excluding carboxylic acids is 3. The number of rotatable bonds is 7. The van der Waals surface area contributed by atoms with Crippen LogP contribution in [0.2, 0.25) is 10.0 Å². The number of nitrogens with zero attached hydrogens (tertiary/aromatic N) is 1. The van der Waals surface area contributed by atoms with Crippen molar-refractivity contribution in [3.8, 4) is 5.75 Å². The fourth-order valence-corrected chi connectivity index (χ4v) is 4.93. The second-order valence-corrected chi connectivity index (χ2v) is 9.86. The molecular formula is C21H20Cl2N2O7S. The summed E-state index contributed by atoms with van der Waals surface area (Å²) in [4.78, 5) is 36.8. The van der Waals surface area contributed by atoms with Gasteiger partial charge in [-0.25, -0.2) is 17.5 Å². The Balaban J connectivity index is 1.90. The van der Waals surface area contributed by atoms with Crippen molar-refractivity contribution in [3.63, 3.8) is 0 Å². The number of methoxy groups -OCH3 is 1. The van der Waals surface area contributed by atoms with Gasteiger partial charge in [-0.2, -0.15) is 0 Å². The average molecular weight is 515 g/mol. The molecule has 33 heavy (non-hydrogen) atoms. The Morgan fingerprint density at radius 2 is 1.79 bits per heavy atom. The normalized spacial score (nSPS) is 16.7. The summed E-state index contributed by atoms with van der Waals surface area (Å²) in [7, 11) is -3.09. The molecule has 2 aromatic carbocycles. The first-order valence-corrected chi connectivity index (χ1v) is 11.9. The van der Waals surface area contributed by atoms with E-state index in [4.69, 9.17) is 27.9 Å². The summed E-state index contributed by atoms with van der Waals surface area (Å²) >= 11 is 11.9. The highest BCUT2D eigenvalue weighted by molar-refractivity contribution is 7.89. The SMILES string of the molecule is COC(=O)COc1ccc(Cl)cc1CC1CNC(=O)CN(S(=O)(=O)c2ccc(Cl)cc2)C1=O. The highest BCUT2D eigenvalue weighted by atomic mass is 35.5. The highest BCUT2D eigenvalue weighted by Crippen LogP contribution is 2.28. The molecule has 1 fully saturated rings. The summed E-state index contributed by atoms with van der Waals surface area (Å²) < 4.78 is 36.8. The van der Waals surface area contributed by atoms with E-state index in [9.17, 15) is 22.8 Å². The molecule has 12 heteroatoms. The Hall–Kier alpha value is -2.82. The average Bonchev–Trinajstić information content (AvgIpc) is 2.92. The molecule has 1 aliphatic heterocycles. The summed E-state index contributed by atoms with van der Waals surface area (Å²) in [5, 5.41) is 3.25. The van der Waals surface area contributed by atoms with E-state index in [1.54, 1.807) is 12.1 Å². The molecular weight excluding hydrogens is 495 g/mol. The number of hydrogen-bond acceptors (Lipinski definition) is 7. The minimum absolute atomic E-state index is 0.00279. The number of ether oxygens (including phenoxy) is 2. The molecule has 1 unspecified atom stereocenters. The number of sulfonamides is 1. The molecule has 3 rings (SSSR count). The van der Waals surface area contributed by atoms with Gasteiger partial charge in [0.15, 0.2) is 6.61 Å². The van der Waals surface area contributed by atoms with Crippen molar-refractivity contribution < 1.29 is 32.3 Å². The van der Waals surface area contributed by atoms with Gasteiger partial charge >= 0.3 is 5.97 Å². The lowest BCUT2D eigenvalue weighted by Crippen LogP contribution is -2.42. The summed E-state index contributed by atoms with van der Waals surface area (Å²) in [6.45, 7) is -1.10. The van der Waals surface area contributed by atoms with E-state index in [2.05, 4.69) is 10.1 Å². The maximum atomic E-state index is 13.3. The van der Waals surface area contributed by atoms with Crippen LogP contribution in [0.3, 0.4) is 0 Å². The Kier molecular flexibility index (Phi) is 7.83. The summed E-state index contributed by atoms with van der Waals surface area (Å²) in [5.41, 5.74) is 0.463. The van der Waals surface area contributed by atoms with E-state index >= 15 is 0 Å². The van der Waals surface area contributed by atoms with Crippen molar-refractivity contribution in [1.29, 1.82) is 0 Å².